The van der Waals surface area contributed by atoms with Gasteiger partial charge in [0.2, 0.25) is 0 Å². The lowest BCUT2D eigenvalue weighted by molar-refractivity contribution is -0.131. The monoisotopic (exact) mass is 220 g/mol. The van der Waals surface area contributed by atoms with Crippen molar-refractivity contribution in [2.24, 2.45) is 0 Å². The number of hydrogen-bond donors (Lipinski definition) is 2. The molecule has 0 saturated carbocycles. The zero-order valence-electron chi connectivity index (χ0n) is 9.47. The van der Waals surface area contributed by atoms with Gasteiger partial charge in [0.15, 0.2) is 0 Å². The molecule has 1 rings (SSSR count). The first-order chi connectivity index (χ1) is 7.59. The van der Waals surface area contributed by atoms with Crippen LogP contribution in [-0.2, 0) is 4.79 Å². The summed E-state index contributed by atoms with van der Waals surface area (Å²) in [5.74, 6) is -0.912. The summed E-state index contributed by atoms with van der Waals surface area (Å²) in [7, 11) is 0. The van der Waals surface area contributed by atoms with Gasteiger partial charge in [-0.25, -0.2) is 4.79 Å². The van der Waals surface area contributed by atoms with Gasteiger partial charge in [-0.1, -0.05) is 11.6 Å². The van der Waals surface area contributed by atoms with Gasteiger partial charge in [-0.2, -0.15) is 0 Å². The van der Waals surface area contributed by atoms with Crippen molar-refractivity contribution >= 4 is 5.97 Å². The highest BCUT2D eigenvalue weighted by atomic mass is 16.4. The highest BCUT2D eigenvalue weighted by molar-refractivity contribution is 5.80. The van der Waals surface area contributed by atoms with E-state index in [1.54, 1.807) is 13.1 Å². The Hall–Kier alpha value is -1.68. The van der Waals surface area contributed by atoms with Gasteiger partial charge >= 0.3 is 5.97 Å². The van der Waals surface area contributed by atoms with E-state index in [1.165, 1.54) is 6.08 Å². The van der Waals surface area contributed by atoms with E-state index in [0.717, 1.165) is 11.3 Å². The first kappa shape index (κ1) is 12.4. The normalized spacial score (nSPS) is 13.5. The molecule has 4 nitrogen and oxygen atoms in total. The molecule has 1 heterocycles. The van der Waals surface area contributed by atoms with Gasteiger partial charge in [0.05, 0.1) is 5.69 Å². The molecule has 1 aromatic heterocycles. The molecule has 16 heavy (non-hydrogen) atoms. The fourth-order valence-corrected chi connectivity index (χ4v) is 1.31. The van der Waals surface area contributed by atoms with Crippen LogP contribution in [0.2, 0.25) is 0 Å². The highest BCUT2D eigenvalue weighted by Crippen LogP contribution is 2.07. The molecule has 1 aromatic rings. The number of carboxylic acids is 1. The van der Waals surface area contributed by atoms with Crippen LogP contribution in [0.15, 0.2) is 36.0 Å². The Labute approximate surface area is 95.0 Å². The second-order valence-corrected chi connectivity index (χ2v) is 3.69. The summed E-state index contributed by atoms with van der Waals surface area (Å²) in [4.78, 5) is 14.6. The van der Waals surface area contributed by atoms with Gasteiger partial charge in [-0.3, -0.25) is 4.98 Å². The molecule has 0 fully saturated rings. The molecule has 86 valence electrons. The number of carboxylic acid groups (broad SMARTS) is 1. The second-order valence-electron chi connectivity index (χ2n) is 3.69. The fourth-order valence-electron chi connectivity index (χ4n) is 1.31. The van der Waals surface area contributed by atoms with Crippen molar-refractivity contribution in [3.63, 3.8) is 0 Å². The molecule has 0 spiro atoms. The van der Waals surface area contributed by atoms with E-state index >= 15 is 0 Å². The summed E-state index contributed by atoms with van der Waals surface area (Å²) >= 11 is 0. The SMILES string of the molecule is C/C(=C\C(=O)O)CNC(C)c1ccccn1. The van der Waals surface area contributed by atoms with Crippen LogP contribution in [0.1, 0.15) is 25.6 Å². The Morgan fingerprint density at radius 2 is 2.38 bits per heavy atom. The van der Waals surface area contributed by atoms with Gasteiger partial charge in [-0.15, -0.1) is 0 Å². The van der Waals surface area contributed by atoms with Crippen molar-refractivity contribution in [2.45, 2.75) is 19.9 Å². The molecule has 0 aliphatic heterocycles. The molecular formula is C12H16N2O2. The number of carbonyl (C=O) groups is 1. The van der Waals surface area contributed by atoms with Crippen LogP contribution in [0.3, 0.4) is 0 Å². The standard InChI is InChI=1S/C12H16N2O2/c1-9(7-12(15)16)8-14-10(2)11-5-3-4-6-13-11/h3-7,10,14H,8H2,1-2H3,(H,15,16)/b9-7+. The Bertz CT molecular complexity index is 374. The van der Waals surface area contributed by atoms with Crippen LogP contribution in [0.25, 0.3) is 0 Å². The molecule has 1 atom stereocenters. The summed E-state index contributed by atoms with van der Waals surface area (Å²) in [6.07, 6.45) is 2.95. The highest BCUT2D eigenvalue weighted by Gasteiger charge is 2.05. The minimum absolute atomic E-state index is 0.110. The lowest BCUT2D eigenvalue weighted by Crippen LogP contribution is -2.21. The number of rotatable bonds is 5. The van der Waals surface area contributed by atoms with E-state index in [0.29, 0.717) is 6.54 Å². The molecule has 0 aliphatic carbocycles. The zero-order chi connectivity index (χ0) is 12.0. The Kier molecular flexibility index (Phi) is 4.66. The van der Waals surface area contributed by atoms with Gasteiger partial charge in [0, 0.05) is 24.9 Å². The fraction of sp³-hybridized carbons (Fsp3) is 0.333. The largest absolute Gasteiger partial charge is 0.478 e. The molecule has 2 N–H and O–H groups in total. The third-order valence-electron chi connectivity index (χ3n) is 2.19. The first-order valence-electron chi connectivity index (χ1n) is 5.14. The first-order valence-corrected chi connectivity index (χ1v) is 5.14. The predicted molar refractivity (Wildman–Crippen MR) is 62.0 cm³/mol. The van der Waals surface area contributed by atoms with Gasteiger partial charge in [-0.05, 0) is 26.0 Å². The van der Waals surface area contributed by atoms with E-state index < -0.39 is 5.97 Å². The summed E-state index contributed by atoms with van der Waals surface area (Å²) in [6, 6.07) is 5.85. The molecule has 0 amide bonds. The summed E-state index contributed by atoms with van der Waals surface area (Å²) in [5.41, 5.74) is 1.74. The van der Waals surface area contributed by atoms with Gasteiger partial charge in [0.25, 0.3) is 0 Å². The zero-order valence-corrected chi connectivity index (χ0v) is 9.47. The maximum absolute atomic E-state index is 10.4. The minimum Gasteiger partial charge on any atom is -0.478 e. The van der Waals surface area contributed by atoms with Crippen molar-refractivity contribution < 1.29 is 9.90 Å². The number of hydrogen-bond acceptors (Lipinski definition) is 3. The maximum Gasteiger partial charge on any atom is 0.328 e. The summed E-state index contributed by atoms with van der Waals surface area (Å²) in [6.45, 7) is 4.33. The molecular weight excluding hydrogens is 204 g/mol. The van der Waals surface area contributed by atoms with Crippen LogP contribution in [0.4, 0.5) is 0 Å². The van der Waals surface area contributed by atoms with Gasteiger partial charge in [0.1, 0.15) is 0 Å². The van der Waals surface area contributed by atoms with Crippen molar-refractivity contribution in [3.05, 3.63) is 41.7 Å². The average molecular weight is 220 g/mol. The van der Waals surface area contributed by atoms with Gasteiger partial charge < -0.3 is 10.4 Å². The third kappa shape index (κ3) is 4.23. The summed E-state index contributed by atoms with van der Waals surface area (Å²) < 4.78 is 0. The predicted octanol–water partition coefficient (Wildman–Crippen LogP) is 1.76. The van der Waals surface area contributed by atoms with Crippen molar-refractivity contribution in [3.8, 4) is 0 Å². The quantitative estimate of drug-likeness (QED) is 0.742. The topological polar surface area (TPSA) is 62.2 Å². The minimum atomic E-state index is -0.912. The number of nitrogens with zero attached hydrogens (tertiary/aromatic N) is 1. The number of pyridine rings is 1. The van der Waals surface area contributed by atoms with Crippen LogP contribution >= 0.6 is 0 Å². The molecule has 4 heteroatoms. The molecule has 0 bridgehead atoms. The lowest BCUT2D eigenvalue weighted by atomic mass is 10.2. The molecule has 0 aliphatic rings. The second kappa shape index (κ2) is 6.02. The van der Waals surface area contributed by atoms with Crippen LogP contribution in [0.5, 0.6) is 0 Å². The third-order valence-corrected chi connectivity index (χ3v) is 2.19. The smallest absolute Gasteiger partial charge is 0.328 e. The Morgan fingerprint density at radius 3 is 2.94 bits per heavy atom. The van der Waals surface area contributed by atoms with E-state index in [1.807, 2.05) is 25.1 Å². The van der Waals surface area contributed by atoms with E-state index in [4.69, 9.17) is 5.11 Å². The van der Waals surface area contributed by atoms with Crippen molar-refractivity contribution in [1.82, 2.24) is 10.3 Å². The summed E-state index contributed by atoms with van der Waals surface area (Å²) in [5, 5.41) is 11.8. The molecule has 0 saturated heterocycles. The van der Waals surface area contributed by atoms with E-state index in [9.17, 15) is 4.79 Å². The number of aromatic nitrogens is 1. The lowest BCUT2D eigenvalue weighted by Gasteiger charge is -2.12. The maximum atomic E-state index is 10.4. The van der Waals surface area contributed by atoms with Crippen molar-refractivity contribution in [1.29, 1.82) is 0 Å². The Balaban J connectivity index is 2.48. The van der Waals surface area contributed by atoms with E-state index in [2.05, 4.69) is 10.3 Å². The Morgan fingerprint density at radius 1 is 1.62 bits per heavy atom. The van der Waals surface area contributed by atoms with Crippen molar-refractivity contribution in [2.75, 3.05) is 6.54 Å². The number of nitrogens with one attached hydrogen (secondary N) is 1. The van der Waals surface area contributed by atoms with E-state index in [-0.39, 0.29) is 6.04 Å². The average Bonchev–Trinajstić information content (AvgIpc) is 2.26. The van der Waals surface area contributed by atoms with Crippen LogP contribution < -0.4 is 5.32 Å². The molecule has 0 aromatic carbocycles. The van der Waals surface area contributed by atoms with Crippen LogP contribution in [0, 0.1) is 0 Å². The van der Waals surface area contributed by atoms with Crippen LogP contribution in [-0.4, -0.2) is 22.6 Å². The molecule has 1 unspecified atom stereocenters. The number of aliphatic carboxylic acids is 1. The molecule has 0 radical (unpaired) electrons.